The molecule has 2 saturated heterocycles. The lowest BCUT2D eigenvalue weighted by atomic mass is 10.0. The van der Waals surface area contributed by atoms with E-state index in [1.54, 1.807) is 19.3 Å². The number of carbonyl (C=O) groups is 1. The SMILES string of the molecule is COc1ccc(N2CCN(CCC(=O)N3CCCC(NC4C=CC(SC(F)(F)F)=CC4)C3)CC2)cn1. The van der Waals surface area contributed by atoms with Gasteiger partial charge in [-0.05, 0) is 37.1 Å². The number of hydrogen-bond acceptors (Lipinski definition) is 7. The van der Waals surface area contributed by atoms with Crippen molar-refractivity contribution in [3.8, 4) is 5.88 Å². The summed E-state index contributed by atoms with van der Waals surface area (Å²) in [6.07, 6.45) is 9.72. The molecule has 4 rings (SSSR count). The lowest BCUT2D eigenvalue weighted by Crippen LogP contribution is -2.51. The highest BCUT2D eigenvalue weighted by Crippen LogP contribution is 2.38. The van der Waals surface area contributed by atoms with Gasteiger partial charge in [-0.2, -0.15) is 13.2 Å². The van der Waals surface area contributed by atoms with Crippen molar-refractivity contribution < 1.29 is 22.7 Å². The zero-order chi connectivity index (χ0) is 25.5. The summed E-state index contributed by atoms with van der Waals surface area (Å²) in [4.78, 5) is 24.0. The third kappa shape index (κ3) is 7.88. The molecule has 0 radical (unpaired) electrons. The second-order valence-electron chi connectivity index (χ2n) is 9.34. The van der Waals surface area contributed by atoms with Gasteiger partial charge in [0.15, 0.2) is 0 Å². The van der Waals surface area contributed by atoms with Crippen molar-refractivity contribution in [2.45, 2.75) is 43.3 Å². The van der Waals surface area contributed by atoms with Crippen LogP contribution in [0.5, 0.6) is 5.88 Å². The maximum Gasteiger partial charge on any atom is 0.446 e. The van der Waals surface area contributed by atoms with Crippen LogP contribution in [0.3, 0.4) is 0 Å². The first-order valence-electron chi connectivity index (χ1n) is 12.4. The van der Waals surface area contributed by atoms with Gasteiger partial charge in [0.1, 0.15) is 0 Å². The molecule has 2 atom stereocenters. The molecule has 0 bridgehead atoms. The molecule has 0 spiro atoms. The van der Waals surface area contributed by atoms with Crippen molar-refractivity contribution in [2.24, 2.45) is 0 Å². The second-order valence-corrected chi connectivity index (χ2v) is 10.5. The minimum atomic E-state index is -4.26. The Bertz CT molecular complexity index is 933. The fourth-order valence-electron chi connectivity index (χ4n) is 4.90. The number of methoxy groups -OCH3 is 1. The molecule has 2 aliphatic heterocycles. The molecular weight excluding hydrogens is 491 g/mol. The number of halogens is 3. The number of pyridine rings is 1. The number of aromatic nitrogens is 1. The summed E-state index contributed by atoms with van der Waals surface area (Å²) in [5, 5.41) is 3.51. The molecule has 1 aliphatic carbocycles. The van der Waals surface area contributed by atoms with Crippen molar-refractivity contribution in [1.82, 2.24) is 20.1 Å². The van der Waals surface area contributed by atoms with E-state index in [4.69, 9.17) is 4.74 Å². The topological polar surface area (TPSA) is 60.9 Å². The van der Waals surface area contributed by atoms with Crippen LogP contribution in [0.4, 0.5) is 18.9 Å². The molecule has 1 N–H and O–H groups in total. The van der Waals surface area contributed by atoms with Gasteiger partial charge in [-0.25, -0.2) is 4.98 Å². The standard InChI is InChI=1S/C25H34F3N5O2S/c1-35-23-9-6-21(17-29-23)32-15-13-31(14-16-32)12-10-24(34)33-11-2-3-20(18-33)30-19-4-7-22(8-5-19)36-25(26,27)28/h4,6-9,17,19-20,30H,2-3,5,10-16,18H2,1H3. The van der Waals surface area contributed by atoms with Crippen molar-refractivity contribution in [3.05, 3.63) is 41.5 Å². The second kappa shape index (κ2) is 12.3. The van der Waals surface area contributed by atoms with E-state index in [-0.39, 0.29) is 34.7 Å². The number of piperidine rings is 1. The van der Waals surface area contributed by atoms with Gasteiger partial charge >= 0.3 is 5.51 Å². The number of rotatable bonds is 8. The lowest BCUT2D eigenvalue weighted by Gasteiger charge is -2.37. The molecule has 2 unspecified atom stereocenters. The fraction of sp³-hybridized carbons (Fsp3) is 0.600. The highest BCUT2D eigenvalue weighted by Gasteiger charge is 2.31. The van der Waals surface area contributed by atoms with E-state index in [0.29, 0.717) is 25.3 Å². The third-order valence-corrected chi connectivity index (χ3v) is 7.60. The Morgan fingerprint density at radius 3 is 2.67 bits per heavy atom. The zero-order valence-electron chi connectivity index (χ0n) is 20.5. The van der Waals surface area contributed by atoms with Crippen molar-refractivity contribution >= 4 is 23.4 Å². The molecule has 1 aromatic heterocycles. The van der Waals surface area contributed by atoms with Crippen molar-refractivity contribution in [3.63, 3.8) is 0 Å². The van der Waals surface area contributed by atoms with Crippen LogP contribution in [0.25, 0.3) is 0 Å². The van der Waals surface area contributed by atoms with Gasteiger partial charge in [-0.15, -0.1) is 0 Å². The molecule has 198 valence electrons. The summed E-state index contributed by atoms with van der Waals surface area (Å²) in [6.45, 7) is 5.75. The number of amides is 1. The molecule has 7 nitrogen and oxygen atoms in total. The number of thioether (sulfide) groups is 1. The number of nitrogens with one attached hydrogen (secondary N) is 1. The lowest BCUT2D eigenvalue weighted by molar-refractivity contribution is -0.133. The third-order valence-electron chi connectivity index (χ3n) is 6.83. The van der Waals surface area contributed by atoms with Crippen LogP contribution in [-0.2, 0) is 4.79 Å². The molecule has 11 heteroatoms. The van der Waals surface area contributed by atoms with Gasteiger partial charge < -0.3 is 19.9 Å². The van der Waals surface area contributed by atoms with Crippen LogP contribution in [0.2, 0.25) is 0 Å². The number of anilines is 1. The highest BCUT2D eigenvalue weighted by molar-refractivity contribution is 8.04. The quantitative estimate of drug-likeness (QED) is 0.556. The maximum absolute atomic E-state index is 12.9. The van der Waals surface area contributed by atoms with Gasteiger partial charge in [0.25, 0.3) is 0 Å². The summed E-state index contributed by atoms with van der Waals surface area (Å²) >= 11 is -0.0729. The number of alkyl halides is 3. The number of carbonyl (C=O) groups excluding carboxylic acids is 1. The molecule has 1 amide bonds. The van der Waals surface area contributed by atoms with E-state index >= 15 is 0 Å². The van der Waals surface area contributed by atoms with E-state index in [9.17, 15) is 18.0 Å². The Morgan fingerprint density at radius 1 is 1.22 bits per heavy atom. The number of likely N-dealkylation sites (tertiary alicyclic amines) is 1. The van der Waals surface area contributed by atoms with E-state index in [1.807, 2.05) is 23.2 Å². The molecule has 0 saturated carbocycles. The number of ether oxygens (including phenoxy) is 1. The highest BCUT2D eigenvalue weighted by atomic mass is 32.2. The van der Waals surface area contributed by atoms with Crippen LogP contribution in [0.15, 0.2) is 41.5 Å². The Kier molecular flexibility index (Phi) is 9.19. The summed E-state index contributed by atoms with van der Waals surface area (Å²) in [5.74, 6) is 0.776. The predicted molar refractivity (Wildman–Crippen MR) is 136 cm³/mol. The van der Waals surface area contributed by atoms with Crippen LogP contribution in [-0.4, -0.2) is 91.2 Å². The first-order chi connectivity index (χ1) is 17.3. The van der Waals surface area contributed by atoms with Crippen molar-refractivity contribution in [2.75, 3.05) is 57.8 Å². The largest absolute Gasteiger partial charge is 0.481 e. The molecule has 3 aliphatic rings. The van der Waals surface area contributed by atoms with E-state index < -0.39 is 5.51 Å². The monoisotopic (exact) mass is 525 g/mol. The minimum Gasteiger partial charge on any atom is -0.481 e. The average molecular weight is 526 g/mol. The van der Waals surface area contributed by atoms with Gasteiger partial charge in [-0.1, -0.05) is 18.2 Å². The molecular formula is C25H34F3N5O2S. The van der Waals surface area contributed by atoms with Gasteiger partial charge in [0.05, 0.1) is 19.0 Å². The zero-order valence-corrected chi connectivity index (χ0v) is 21.4. The van der Waals surface area contributed by atoms with Crippen LogP contribution >= 0.6 is 11.8 Å². The fourth-order valence-corrected chi connectivity index (χ4v) is 5.49. The summed E-state index contributed by atoms with van der Waals surface area (Å²) in [5.41, 5.74) is -3.18. The molecule has 2 fully saturated rings. The number of hydrogen-bond donors (Lipinski definition) is 1. The molecule has 0 aromatic carbocycles. The van der Waals surface area contributed by atoms with E-state index in [0.717, 1.165) is 57.8 Å². The molecule has 1 aromatic rings. The predicted octanol–water partition coefficient (Wildman–Crippen LogP) is 3.65. The molecule has 3 heterocycles. The van der Waals surface area contributed by atoms with Crippen LogP contribution < -0.4 is 15.0 Å². The first kappa shape index (κ1) is 26.8. The minimum absolute atomic E-state index is 0.000154. The van der Waals surface area contributed by atoms with Gasteiger partial charge in [0.2, 0.25) is 11.8 Å². The maximum atomic E-state index is 12.9. The Hall–Kier alpha value is -2.24. The number of nitrogens with zero attached hydrogens (tertiary/aromatic N) is 4. The summed E-state index contributed by atoms with van der Waals surface area (Å²) in [6, 6.07) is 4.04. The molecule has 36 heavy (non-hydrogen) atoms. The first-order valence-corrected chi connectivity index (χ1v) is 13.3. The number of allylic oxidation sites excluding steroid dienone is 1. The summed E-state index contributed by atoms with van der Waals surface area (Å²) in [7, 11) is 1.60. The van der Waals surface area contributed by atoms with Crippen LogP contribution in [0.1, 0.15) is 25.7 Å². The smallest absolute Gasteiger partial charge is 0.446 e. The Labute approximate surface area is 214 Å². The van der Waals surface area contributed by atoms with Gasteiger partial charge in [-0.3, -0.25) is 9.69 Å². The van der Waals surface area contributed by atoms with Crippen LogP contribution in [0, 0.1) is 0 Å². The Morgan fingerprint density at radius 2 is 2.03 bits per heavy atom. The number of piperazine rings is 1. The van der Waals surface area contributed by atoms with Gasteiger partial charge in [0, 0.05) is 75.3 Å². The van der Waals surface area contributed by atoms with Crippen molar-refractivity contribution in [1.29, 1.82) is 0 Å². The normalized spacial score (nSPS) is 23.5. The van der Waals surface area contributed by atoms with E-state index in [2.05, 4.69) is 20.1 Å². The average Bonchev–Trinajstić information content (AvgIpc) is 2.88. The van der Waals surface area contributed by atoms with E-state index in [1.165, 1.54) is 6.08 Å². The summed E-state index contributed by atoms with van der Waals surface area (Å²) < 4.78 is 42.8. The Balaban J connectivity index is 1.16.